The third-order valence-electron chi connectivity index (χ3n) is 6.57. The van der Waals surface area contributed by atoms with Crippen LogP contribution in [0.1, 0.15) is 54.5 Å². The number of aromatic carboxylic acids is 1. The molecule has 0 saturated carbocycles. The van der Waals surface area contributed by atoms with Crippen LogP contribution in [0.4, 0.5) is 5.95 Å². The molecule has 4 rings (SSSR count). The van der Waals surface area contributed by atoms with Gasteiger partial charge in [-0.15, -0.1) is 0 Å². The Balaban J connectivity index is 1.66. The van der Waals surface area contributed by atoms with Crippen molar-refractivity contribution < 1.29 is 23.1 Å². The summed E-state index contributed by atoms with van der Waals surface area (Å²) in [5, 5.41) is 13.1. The van der Waals surface area contributed by atoms with Gasteiger partial charge in [0.1, 0.15) is 17.6 Å². The van der Waals surface area contributed by atoms with Crippen molar-refractivity contribution >= 4 is 33.5 Å². The smallest absolute Gasteiger partial charge is 0.335 e. The molecule has 2 aromatic carbocycles. The molecule has 13 heteroatoms. The summed E-state index contributed by atoms with van der Waals surface area (Å²) in [7, 11) is -4.23. The second-order valence-electron chi connectivity index (χ2n) is 11.6. The minimum Gasteiger partial charge on any atom is -0.478 e. The van der Waals surface area contributed by atoms with E-state index in [1.165, 1.54) is 18.2 Å². The fraction of sp³-hybridized carbons (Fsp3) is 0.323. The Kier molecular flexibility index (Phi) is 10.2. The molecule has 0 aliphatic carbocycles. The number of benzene rings is 2. The lowest BCUT2D eigenvalue weighted by Gasteiger charge is -2.27. The first-order valence-electron chi connectivity index (χ1n) is 13.9. The van der Waals surface area contributed by atoms with Gasteiger partial charge in [0.25, 0.3) is 10.0 Å². The normalized spacial score (nSPS) is 12.5. The summed E-state index contributed by atoms with van der Waals surface area (Å²) < 4.78 is 35.1. The summed E-state index contributed by atoms with van der Waals surface area (Å²) in [6, 6.07) is 14.0. The molecule has 44 heavy (non-hydrogen) atoms. The average Bonchev–Trinajstić information content (AvgIpc) is 2.93. The van der Waals surface area contributed by atoms with Crippen LogP contribution in [0, 0.1) is 19.3 Å². The number of rotatable bonds is 12. The van der Waals surface area contributed by atoms with Crippen LogP contribution < -0.4 is 14.8 Å². The fourth-order valence-electron chi connectivity index (χ4n) is 4.68. The van der Waals surface area contributed by atoms with Crippen molar-refractivity contribution in [3.63, 3.8) is 0 Å². The molecular weight excluding hydrogens is 604 g/mol. The largest absolute Gasteiger partial charge is 0.478 e. The molecule has 4 aromatic rings. The number of carboxylic acid groups (broad SMARTS) is 1. The predicted octanol–water partition coefficient (Wildman–Crippen LogP) is 5.68. The van der Waals surface area contributed by atoms with Gasteiger partial charge in [-0.05, 0) is 61.1 Å². The van der Waals surface area contributed by atoms with Gasteiger partial charge in [-0.3, -0.25) is 0 Å². The number of hydrogen-bond donors (Lipinski definition) is 3. The van der Waals surface area contributed by atoms with Crippen LogP contribution in [0.25, 0.3) is 11.3 Å². The minimum absolute atomic E-state index is 0.0450. The van der Waals surface area contributed by atoms with E-state index in [1.54, 1.807) is 18.3 Å². The van der Waals surface area contributed by atoms with Crippen molar-refractivity contribution in [1.29, 1.82) is 0 Å². The number of nitrogens with one attached hydrogen (secondary N) is 2. The quantitative estimate of drug-likeness (QED) is 0.165. The number of carboxylic acids is 1. The number of anilines is 1. The van der Waals surface area contributed by atoms with Crippen LogP contribution in [-0.2, 0) is 16.6 Å². The molecule has 232 valence electrons. The molecule has 0 aliphatic heterocycles. The van der Waals surface area contributed by atoms with Gasteiger partial charge in [0.05, 0.1) is 22.7 Å². The number of ether oxygens (including phenoxy) is 1. The lowest BCUT2D eigenvalue weighted by molar-refractivity contribution is 0.0696. The molecule has 0 saturated heterocycles. The number of nitrogens with zero attached hydrogens (tertiary/aromatic N) is 4. The maximum absolute atomic E-state index is 13.3. The average molecular weight is 639 g/mol. The second kappa shape index (κ2) is 13.7. The molecule has 0 fully saturated rings. The van der Waals surface area contributed by atoms with Crippen LogP contribution in [-0.4, -0.2) is 52.1 Å². The first-order chi connectivity index (χ1) is 20.7. The molecule has 0 spiro atoms. The first-order valence-corrected chi connectivity index (χ1v) is 15.7. The van der Waals surface area contributed by atoms with Crippen molar-refractivity contribution in [2.24, 2.45) is 5.41 Å². The van der Waals surface area contributed by atoms with Crippen LogP contribution >= 0.6 is 11.6 Å². The molecule has 2 aromatic heterocycles. The summed E-state index contributed by atoms with van der Waals surface area (Å²) in [6.07, 6.45) is 2.33. The topological polar surface area (TPSA) is 156 Å². The molecule has 0 aliphatic rings. The van der Waals surface area contributed by atoms with Crippen molar-refractivity contribution in [2.75, 3.05) is 11.3 Å². The Hall–Kier alpha value is -4.13. The van der Waals surface area contributed by atoms with Crippen LogP contribution in [0.15, 0.2) is 65.7 Å². The van der Waals surface area contributed by atoms with Gasteiger partial charge >= 0.3 is 5.97 Å². The SMILES string of the molecule is Cc1cccc(C)c1-c1cc(OC[C@@H](CC(C)(C)C)NCc2nccc(Cl)n2)nc(NS(=O)(=O)c2cccc(C(=O)O)c2)n1. The van der Waals surface area contributed by atoms with E-state index in [-0.39, 0.29) is 40.4 Å². The van der Waals surface area contributed by atoms with E-state index in [1.807, 2.05) is 32.0 Å². The highest BCUT2D eigenvalue weighted by Gasteiger charge is 2.22. The van der Waals surface area contributed by atoms with Gasteiger partial charge < -0.3 is 15.2 Å². The zero-order valence-corrected chi connectivity index (χ0v) is 26.7. The summed E-state index contributed by atoms with van der Waals surface area (Å²) in [4.78, 5) is 28.6. The first kappa shape index (κ1) is 32.8. The Labute approximate surface area is 262 Å². The van der Waals surface area contributed by atoms with E-state index < -0.39 is 16.0 Å². The highest BCUT2D eigenvalue weighted by Crippen LogP contribution is 2.30. The number of aryl methyl sites for hydroxylation is 2. The monoisotopic (exact) mass is 638 g/mol. The van der Waals surface area contributed by atoms with Crippen molar-refractivity contribution in [2.45, 2.75) is 58.5 Å². The Morgan fingerprint density at radius 1 is 1.02 bits per heavy atom. The maximum atomic E-state index is 13.3. The summed E-state index contributed by atoms with van der Waals surface area (Å²) in [5.41, 5.74) is 2.95. The van der Waals surface area contributed by atoms with Crippen LogP contribution in [0.3, 0.4) is 0 Å². The van der Waals surface area contributed by atoms with E-state index in [0.717, 1.165) is 29.2 Å². The van der Waals surface area contributed by atoms with Crippen LogP contribution in [0.5, 0.6) is 5.88 Å². The third kappa shape index (κ3) is 8.94. The van der Waals surface area contributed by atoms with E-state index in [4.69, 9.17) is 16.3 Å². The van der Waals surface area contributed by atoms with Gasteiger partial charge in [-0.1, -0.05) is 56.6 Å². The van der Waals surface area contributed by atoms with Gasteiger partial charge in [-0.2, -0.15) is 4.98 Å². The lowest BCUT2D eigenvalue weighted by Crippen LogP contribution is -2.38. The molecule has 0 radical (unpaired) electrons. The minimum atomic E-state index is -4.23. The molecule has 11 nitrogen and oxygen atoms in total. The second-order valence-corrected chi connectivity index (χ2v) is 13.6. The van der Waals surface area contributed by atoms with E-state index >= 15 is 0 Å². The van der Waals surface area contributed by atoms with E-state index in [0.29, 0.717) is 23.2 Å². The lowest BCUT2D eigenvalue weighted by atomic mass is 9.88. The molecule has 1 atom stereocenters. The maximum Gasteiger partial charge on any atom is 0.335 e. The number of carbonyl (C=O) groups is 1. The molecule has 0 amide bonds. The summed E-state index contributed by atoms with van der Waals surface area (Å²) in [6.45, 7) is 10.8. The zero-order chi connectivity index (χ0) is 32.1. The van der Waals surface area contributed by atoms with Crippen molar-refractivity contribution in [3.05, 3.63) is 88.5 Å². The fourth-order valence-corrected chi connectivity index (χ4v) is 5.82. The molecular formula is C31H35ClN6O5S. The Bertz CT molecular complexity index is 1740. The molecule has 0 unspecified atom stereocenters. The van der Waals surface area contributed by atoms with Crippen molar-refractivity contribution in [3.8, 4) is 17.1 Å². The number of sulfonamides is 1. The Morgan fingerprint density at radius 2 is 1.73 bits per heavy atom. The van der Waals surface area contributed by atoms with Crippen molar-refractivity contribution in [1.82, 2.24) is 25.3 Å². The van der Waals surface area contributed by atoms with Gasteiger partial charge in [-0.25, -0.2) is 32.9 Å². The van der Waals surface area contributed by atoms with Gasteiger partial charge in [0.2, 0.25) is 11.8 Å². The highest BCUT2D eigenvalue weighted by molar-refractivity contribution is 7.92. The molecule has 2 heterocycles. The predicted molar refractivity (Wildman–Crippen MR) is 168 cm³/mol. The summed E-state index contributed by atoms with van der Waals surface area (Å²) in [5.74, 6) is -0.756. The zero-order valence-electron chi connectivity index (χ0n) is 25.1. The number of halogens is 1. The van der Waals surface area contributed by atoms with Crippen LogP contribution in [0.2, 0.25) is 5.15 Å². The Morgan fingerprint density at radius 3 is 2.39 bits per heavy atom. The van der Waals surface area contributed by atoms with Gasteiger partial charge in [0.15, 0.2) is 0 Å². The summed E-state index contributed by atoms with van der Waals surface area (Å²) >= 11 is 6.02. The molecule has 3 N–H and O–H groups in total. The highest BCUT2D eigenvalue weighted by atomic mass is 35.5. The van der Waals surface area contributed by atoms with E-state index in [2.05, 4.69) is 50.7 Å². The standard InChI is InChI=1S/C31H35ClN6O5S/c1-19-8-6-9-20(2)28(19)24-15-27(37-30(35-24)38-44(41,42)23-11-7-10-21(14-23)29(39)40)43-18-22(16-31(3,4)5)34-17-26-33-13-12-25(32)36-26/h6-15,22,34H,16-18H2,1-5H3,(H,39,40)(H,35,37,38)/t22-/m1/s1. The molecule has 0 bridgehead atoms. The third-order valence-corrected chi connectivity index (χ3v) is 8.10. The number of aromatic nitrogens is 4. The van der Waals surface area contributed by atoms with Gasteiger partial charge in [0, 0.05) is 23.9 Å². The van der Waals surface area contributed by atoms with E-state index in [9.17, 15) is 18.3 Å². The number of hydrogen-bond acceptors (Lipinski definition) is 9.